The highest BCUT2D eigenvalue weighted by molar-refractivity contribution is 9.10. The van der Waals surface area contributed by atoms with Crippen molar-refractivity contribution in [2.24, 2.45) is 0 Å². The van der Waals surface area contributed by atoms with Gasteiger partial charge >= 0.3 is 0 Å². The Balaban J connectivity index is 1.80. The molecule has 1 aliphatic heterocycles. The Morgan fingerprint density at radius 3 is 2.85 bits per heavy atom. The van der Waals surface area contributed by atoms with Gasteiger partial charge in [-0.05, 0) is 34.1 Å². The summed E-state index contributed by atoms with van der Waals surface area (Å²) in [5, 5.41) is 0.753. The highest BCUT2D eigenvalue weighted by Gasteiger charge is 2.24. The predicted molar refractivity (Wildman–Crippen MR) is 84.3 cm³/mol. The molecule has 0 bridgehead atoms. The van der Waals surface area contributed by atoms with Crippen LogP contribution in [0.15, 0.2) is 47.1 Å². The molecular weight excluding hydrogens is 340 g/mol. The molecule has 2 heterocycles. The van der Waals surface area contributed by atoms with E-state index in [2.05, 4.69) is 25.8 Å². The first-order chi connectivity index (χ1) is 9.74. The van der Waals surface area contributed by atoms with Gasteiger partial charge in [-0.25, -0.2) is 4.98 Å². The van der Waals surface area contributed by atoms with E-state index in [4.69, 9.17) is 16.3 Å². The highest BCUT2D eigenvalue weighted by Crippen LogP contribution is 2.29. The molecule has 1 atom stereocenters. The van der Waals surface area contributed by atoms with Crippen LogP contribution in [0, 0.1) is 0 Å². The van der Waals surface area contributed by atoms with Crippen LogP contribution in [0.3, 0.4) is 0 Å². The minimum absolute atomic E-state index is 0.0112. The fraction of sp³-hybridized carbons (Fsp3) is 0.267. The number of aromatic nitrogens is 1. The maximum Gasteiger partial charge on any atom is 0.128 e. The molecule has 5 heteroatoms. The summed E-state index contributed by atoms with van der Waals surface area (Å²) in [5.41, 5.74) is 1.04. The molecule has 1 aromatic carbocycles. The molecule has 3 rings (SSSR count). The minimum Gasteiger partial charge on any atom is -0.370 e. The molecule has 1 unspecified atom stereocenters. The molecule has 0 saturated carbocycles. The summed E-state index contributed by atoms with van der Waals surface area (Å²) < 4.78 is 6.84. The maximum absolute atomic E-state index is 6.25. The molecule has 0 aliphatic carbocycles. The fourth-order valence-corrected chi connectivity index (χ4v) is 2.83. The van der Waals surface area contributed by atoms with Crippen molar-refractivity contribution in [2.75, 3.05) is 24.6 Å². The summed E-state index contributed by atoms with van der Waals surface area (Å²) in [7, 11) is 0. The molecule has 1 aromatic heterocycles. The number of anilines is 1. The molecule has 1 fully saturated rings. The van der Waals surface area contributed by atoms with E-state index in [0.29, 0.717) is 6.61 Å². The zero-order valence-electron chi connectivity index (χ0n) is 10.8. The van der Waals surface area contributed by atoms with Gasteiger partial charge in [-0.2, -0.15) is 0 Å². The second-order valence-corrected chi connectivity index (χ2v) is 5.98. The van der Waals surface area contributed by atoms with Crippen LogP contribution in [-0.2, 0) is 4.74 Å². The average Bonchev–Trinajstić information content (AvgIpc) is 2.49. The number of nitrogens with zero attached hydrogens (tertiary/aromatic N) is 2. The van der Waals surface area contributed by atoms with Crippen LogP contribution < -0.4 is 4.90 Å². The zero-order valence-corrected chi connectivity index (χ0v) is 13.1. The van der Waals surface area contributed by atoms with Crippen molar-refractivity contribution in [2.45, 2.75) is 6.10 Å². The van der Waals surface area contributed by atoms with Crippen molar-refractivity contribution in [3.8, 4) is 0 Å². The average molecular weight is 354 g/mol. The molecule has 0 N–H and O–H groups in total. The second-order valence-electron chi connectivity index (χ2n) is 4.66. The third-order valence-electron chi connectivity index (χ3n) is 3.35. The number of hydrogen-bond acceptors (Lipinski definition) is 3. The lowest BCUT2D eigenvalue weighted by Gasteiger charge is -2.34. The quantitative estimate of drug-likeness (QED) is 0.813. The first kappa shape index (κ1) is 13.9. The summed E-state index contributed by atoms with van der Waals surface area (Å²) >= 11 is 9.66. The van der Waals surface area contributed by atoms with Gasteiger partial charge in [0, 0.05) is 34.3 Å². The molecule has 0 spiro atoms. The number of hydrogen-bond donors (Lipinski definition) is 0. The summed E-state index contributed by atoms with van der Waals surface area (Å²) in [6.45, 7) is 2.28. The Hall–Kier alpha value is -1.10. The van der Waals surface area contributed by atoms with Crippen molar-refractivity contribution in [3.63, 3.8) is 0 Å². The molecule has 0 radical (unpaired) electrons. The Labute approximate surface area is 131 Å². The van der Waals surface area contributed by atoms with E-state index in [1.807, 2.05) is 42.6 Å². The molecule has 0 amide bonds. The molecule has 1 saturated heterocycles. The van der Waals surface area contributed by atoms with Gasteiger partial charge in [0.2, 0.25) is 0 Å². The van der Waals surface area contributed by atoms with E-state index in [-0.39, 0.29) is 6.10 Å². The van der Waals surface area contributed by atoms with Crippen LogP contribution >= 0.6 is 27.5 Å². The van der Waals surface area contributed by atoms with Gasteiger partial charge in [0.25, 0.3) is 0 Å². The Kier molecular flexibility index (Phi) is 4.24. The molecule has 20 heavy (non-hydrogen) atoms. The first-order valence-electron chi connectivity index (χ1n) is 6.46. The predicted octanol–water partition coefficient (Wildman–Crippen LogP) is 4.08. The normalized spacial score (nSPS) is 19.1. The summed E-state index contributed by atoms with van der Waals surface area (Å²) in [5.74, 6) is 0.966. The number of pyridine rings is 1. The first-order valence-corrected chi connectivity index (χ1v) is 7.63. The lowest BCUT2D eigenvalue weighted by atomic mass is 10.1. The van der Waals surface area contributed by atoms with Crippen LogP contribution in [0.1, 0.15) is 11.7 Å². The van der Waals surface area contributed by atoms with Gasteiger partial charge in [0.15, 0.2) is 0 Å². The van der Waals surface area contributed by atoms with Crippen LogP contribution in [0.2, 0.25) is 5.02 Å². The SMILES string of the molecule is Clc1ccccc1C1CN(c2ccc(Br)cn2)CCO1. The van der Waals surface area contributed by atoms with E-state index in [1.54, 1.807) is 0 Å². The fourth-order valence-electron chi connectivity index (χ4n) is 2.34. The van der Waals surface area contributed by atoms with Crippen molar-refractivity contribution in [1.29, 1.82) is 0 Å². The topological polar surface area (TPSA) is 25.4 Å². The van der Waals surface area contributed by atoms with Crippen LogP contribution in [0.5, 0.6) is 0 Å². The molecule has 104 valence electrons. The van der Waals surface area contributed by atoms with Gasteiger partial charge in [-0.15, -0.1) is 0 Å². The molecular formula is C15H14BrClN2O. The smallest absolute Gasteiger partial charge is 0.128 e. The Bertz CT molecular complexity index is 591. The van der Waals surface area contributed by atoms with Crippen molar-refractivity contribution in [3.05, 3.63) is 57.7 Å². The number of rotatable bonds is 2. The van der Waals surface area contributed by atoms with E-state index in [1.165, 1.54) is 0 Å². The minimum atomic E-state index is -0.0112. The van der Waals surface area contributed by atoms with Gasteiger partial charge in [-0.3, -0.25) is 0 Å². The summed E-state index contributed by atoms with van der Waals surface area (Å²) in [6.07, 6.45) is 1.80. The largest absolute Gasteiger partial charge is 0.370 e. The number of morpholine rings is 1. The zero-order chi connectivity index (χ0) is 13.9. The monoisotopic (exact) mass is 352 g/mol. The standard InChI is InChI=1S/C15H14BrClN2O/c16-11-5-6-15(18-9-11)19-7-8-20-14(10-19)12-3-1-2-4-13(12)17/h1-6,9,14H,7-8,10H2. The number of ether oxygens (including phenoxy) is 1. The van der Waals surface area contributed by atoms with Crippen LogP contribution in [0.25, 0.3) is 0 Å². The van der Waals surface area contributed by atoms with Crippen molar-refractivity contribution in [1.82, 2.24) is 4.98 Å². The van der Waals surface area contributed by atoms with E-state index >= 15 is 0 Å². The lowest BCUT2D eigenvalue weighted by molar-refractivity contribution is 0.0396. The molecule has 1 aliphatic rings. The summed E-state index contributed by atoms with van der Waals surface area (Å²) in [6, 6.07) is 11.9. The molecule has 2 aromatic rings. The summed E-state index contributed by atoms with van der Waals surface area (Å²) in [4.78, 5) is 6.67. The van der Waals surface area contributed by atoms with Crippen LogP contribution in [-0.4, -0.2) is 24.7 Å². The number of halogens is 2. The van der Waals surface area contributed by atoms with Gasteiger partial charge < -0.3 is 9.64 Å². The van der Waals surface area contributed by atoms with Crippen molar-refractivity contribution < 1.29 is 4.74 Å². The maximum atomic E-state index is 6.25. The van der Waals surface area contributed by atoms with E-state index in [0.717, 1.165) is 34.0 Å². The third kappa shape index (κ3) is 2.97. The Morgan fingerprint density at radius 2 is 2.10 bits per heavy atom. The second kappa shape index (κ2) is 6.12. The van der Waals surface area contributed by atoms with Crippen LogP contribution in [0.4, 0.5) is 5.82 Å². The van der Waals surface area contributed by atoms with Gasteiger partial charge in [-0.1, -0.05) is 29.8 Å². The third-order valence-corrected chi connectivity index (χ3v) is 4.17. The number of benzene rings is 1. The van der Waals surface area contributed by atoms with Gasteiger partial charge in [0.05, 0.1) is 6.61 Å². The Morgan fingerprint density at radius 1 is 1.25 bits per heavy atom. The van der Waals surface area contributed by atoms with Crippen molar-refractivity contribution >= 4 is 33.3 Å². The lowest BCUT2D eigenvalue weighted by Crippen LogP contribution is -2.38. The van der Waals surface area contributed by atoms with E-state index < -0.39 is 0 Å². The van der Waals surface area contributed by atoms with E-state index in [9.17, 15) is 0 Å². The molecule has 3 nitrogen and oxygen atoms in total. The highest BCUT2D eigenvalue weighted by atomic mass is 79.9. The van der Waals surface area contributed by atoms with Gasteiger partial charge in [0.1, 0.15) is 11.9 Å².